The molecule has 0 radical (unpaired) electrons. The molecule has 0 spiro atoms. The second-order valence-corrected chi connectivity index (χ2v) is 6.92. The van der Waals surface area contributed by atoms with Gasteiger partial charge in [-0.05, 0) is 51.4 Å². The lowest BCUT2D eigenvalue weighted by Crippen LogP contribution is -2.50. The number of hydrogen-bond acceptors (Lipinski definition) is 2. The summed E-state index contributed by atoms with van der Waals surface area (Å²) < 4.78 is 0. The van der Waals surface area contributed by atoms with E-state index in [1.54, 1.807) is 18.7 Å². The molecule has 2 rings (SSSR count). The first kappa shape index (κ1) is 15.1. The van der Waals surface area contributed by atoms with Crippen LogP contribution in [-0.4, -0.2) is 53.6 Å². The highest BCUT2D eigenvalue weighted by Crippen LogP contribution is 2.35. The van der Waals surface area contributed by atoms with Gasteiger partial charge in [0.2, 0.25) is 0 Å². The topological polar surface area (TPSA) is 60.9 Å². The number of carboxylic acids is 1. The van der Waals surface area contributed by atoms with Gasteiger partial charge >= 0.3 is 12.0 Å². The lowest BCUT2D eigenvalue weighted by molar-refractivity contribution is -0.151. The molecule has 0 aromatic rings. The normalized spacial score (nSPS) is 23.6. The number of rotatable bonds is 4. The standard InChI is InChI=1S/C15H26N2O3/c1-15(2,13(18)19)12-5-4-8-17(10-12)14(20)16(3)9-11-6-7-11/h11-12H,4-10H2,1-3H3,(H,18,19). The molecule has 1 saturated heterocycles. The van der Waals surface area contributed by atoms with Gasteiger partial charge in [-0.15, -0.1) is 0 Å². The van der Waals surface area contributed by atoms with Crippen LogP contribution < -0.4 is 0 Å². The summed E-state index contributed by atoms with van der Waals surface area (Å²) >= 11 is 0. The summed E-state index contributed by atoms with van der Waals surface area (Å²) in [5, 5.41) is 9.34. The highest BCUT2D eigenvalue weighted by Gasteiger charge is 2.40. The highest BCUT2D eigenvalue weighted by atomic mass is 16.4. The first-order valence-electron chi connectivity index (χ1n) is 7.55. The predicted molar refractivity (Wildman–Crippen MR) is 76.5 cm³/mol. The molecule has 0 aromatic heterocycles. The van der Waals surface area contributed by atoms with Crippen LogP contribution in [-0.2, 0) is 4.79 Å². The van der Waals surface area contributed by atoms with Crippen LogP contribution in [0.25, 0.3) is 0 Å². The van der Waals surface area contributed by atoms with E-state index in [1.807, 2.05) is 11.9 Å². The highest BCUT2D eigenvalue weighted by molar-refractivity contribution is 5.76. The van der Waals surface area contributed by atoms with Crippen LogP contribution in [0.1, 0.15) is 39.5 Å². The number of aliphatic carboxylic acids is 1. The van der Waals surface area contributed by atoms with Crippen molar-refractivity contribution in [1.82, 2.24) is 9.80 Å². The van der Waals surface area contributed by atoms with Gasteiger partial charge in [0.25, 0.3) is 0 Å². The number of nitrogens with zero attached hydrogens (tertiary/aromatic N) is 2. The van der Waals surface area contributed by atoms with Crippen LogP contribution >= 0.6 is 0 Å². The molecule has 2 amide bonds. The third-order valence-electron chi connectivity index (χ3n) is 4.82. The van der Waals surface area contributed by atoms with Crippen LogP contribution in [0.15, 0.2) is 0 Å². The van der Waals surface area contributed by atoms with Crippen molar-refractivity contribution in [2.75, 3.05) is 26.7 Å². The molecule has 5 nitrogen and oxygen atoms in total. The molecule has 1 heterocycles. The van der Waals surface area contributed by atoms with Gasteiger partial charge in [0.1, 0.15) is 0 Å². The molecule has 1 aliphatic heterocycles. The summed E-state index contributed by atoms with van der Waals surface area (Å²) in [6.45, 7) is 5.68. The van der Waals surface area contributed by atoms with Gasteiger partial charge in [0, 0.05) is 26.7 Å². The fourth-order valence-corrected chi connectivity index (χ4v) is 2.92. The zero-order valence-electron chi connectivity index (χ0n) is 12.8. The first-order valence-corrected chi connectivity index (χ1v) is 7.55. The van der Waals surface area contributed by atoms with Crippen molar-refractivity contribution in [3.8, 4) is 0 Å². The van der Waals surface area contributed by atoms with Crippen molar-refractivity contribution in [3.63, 3.8) is 0 Å². The van der Waals surface area contributed by atoms with Crippen LogP contribution in [0.2, 0.25) is 0 Å². The molecule has 1 atom stereocenters. The monoisotopic (exact) mass is 282 g/mol. The fraction of sp³-hybridized carbons (Fsp3) is 0.867. The summed E-state index contributed by atoms with van der Waals surface area (Å²) in [5.74, 6) is -0.0600. The van der Waals surface area contributed by atoms with Gasteiger partial charge in [-0.1, -0.05) is 0 Å². The smallest absolute Gasteiger partial charge is 0.319 e. The average Bonchev–Trinajstić information content (AvgIpc) is 3.21. The third kappa shape index (κ3) is 3.25. The van der Waals surface area contributed by atoms with Gasteiger partial charge in [0.05, 0.1) is 5.41 Å². The lowest BCUT2D eigenvalue weighted by atomic mass is 9.74. The van der Waals surface area contributed by atoms with E-state index >= 15 is 0 Å². The number of carboxylic acid groups (broad SMARTS) is 1. The summed E-state index contributed by atoms with van der Waals surface area (Å²) in [6, 6.07) is 0.0581. The Labute approximate surface area is 120 Å². The summed E-state index contributed by atoms with van der Waals surface area (Å²) in [4.78, 5) is 27.4. The summed E-state index contributed by atoms with van der Waals surface area (Å²) in [5.41, 5.74) is -0.770. The number of carbonyl (C=O) groups excluding carboxylic acids is 1. The Morgan fingerprint density at radius 1 is 1.30 bits per heavy atom. The van der Waals surface area contributed by atoms with Crippen LogP contribution in [0.4, 0.5) is 4.79 Å². The first-order chi connectivity index (χ1) is 9.32. The predicted octanol–water partition coefficient (Wildman–Crippen LogP) is 2.27. The minimum Gasteiger partial charge on any atom is -0.481 e. The van der Waals surface area contributed by atoms with E-state index in [0.29, 0.717) is 12.5 Å². The zero-order chi connectivity index (χ0) is 14.9. The molecule has 1 N–H and O–H groups in total. The quantitative estimate of drug-likeness (QED) is 0.860. The van der Waals surface area contributed by atoms with E-state index in [2.05, 4.69) is 0 Å². The summed E-state index contributed by atoms with van der Waals surface area (Å²) in [6.07, 6.45) is 4.23. The van der Waals surface area contributed by atoms with Crippen LogP contribution in [0, 0.1) is 17.3 Å². The van der Waals surface area contributed by atoms with Crippen LogP contribution in [0.3, 0.4) is 0 Å². The number of likely N-dealkylation sites (tertiary alicyclic amines) is 1. The Balaban J connectivity index is 1.95. The van der Waals surface area contributed by atoms with Gasteiger partial charge in [0.15, 0.2) is 0 Å². The third-order valence-corrected chi connectivity index (χ3v) is 4.82. The van der Waals surface area contributed by atoms with E-state index in [1.165, 1.54) is 12.8 Å². The number of carbonyl (C=O) groups is 2. The second-order valence-electron chi connectivity index (χ2n) is 6.92. The Morgan fingerprint density at radius 3 is 2.50 bits per heavy atom. The van der Waals surface area contributed by atoms with Crippen molar-refractivity contribution in [3.05, 3.63) is 0 Å². The van der Waals surface area contributed by atoms with Gasteiger partial charge in [-0.2, -0.15) is 0 Å². The summed E-state index contributed by atoms with van der Waals surface area (Å²) in [7, 11) is 1.85. The molecule has 0 aromatic carbocycles. The lowest BCUT2D eigenvalue weighted by Gasteiger charge is -2.40. The van der Waals surface area contributed by atoms with Crippen LogP contribution in [0.5, 0.6) is 0 Å². The van der Waals surface area contributed by atoms with Gasteiger partial charge < -0.3 is 14.9 Å². The zero-order valence-corrected chi connectivity index (χ0v) is 12.8. The maximum atomic E-state index is 12.4. The Hall–Kier alpha value is -1.26. The average molecular weight is 282 g/mol. The second kappa shape index (κ2) is 5.62. The fourth-order valence-electron chi connectivity index (χ4n) is 2.92. The molecule has 1 aliphatic carbocycles. The van der Waals surface area contributed by atoms with Crippen molar-refractivity contribution in [2.45, 2.75) is 39.5 Å². The van der Waals surface area contributed by atoms with E-state index in [9.17, 15) is 14.7 Å². The number of piperidine rings is 1. The van der Waals surface area contributed by atoms with E-state index in [-0.39, 0.29) is 11.9 Å². The Morgan fingerprint density at radius 2 is 1.95 bits per heavy atom. The van der Waals surface area contributed by atoms with Crippen molar-refractivity contribution in [1.29, 1.82) is 0 Å². The molecule has 1 unspecified atom stereocenters. The number of hydrogen-bond donors (Lipinski definition) is 1. The number of amides is 2. The van der Waals surface area contributed by atoms with Crippen molar-refractivity contribution >= 4 is 12.0 Å². The Bertz CT molecular complexity index is 391. The molecule has 114 valence electrons. The molecule has 1 saturated carbocycles. The minimum absolute atomic E-state index is 0.0343. The van der Waals surface area contributed by atoms with Gasteiger partial charge in [-0.3, -0.25) is 4.79 Å². The largest absolute Gasteiger partial charge is 0.481 e. The Kier molecular flexibility index (Phi) is 4.25. The molecular weight excluding hydrogens is 256 g/mol. The molecular formula is C15H26N2O3. The molecule has 5 heteroatoms. The van der Waals surface area contributed by atoms with E-state index < -0.39 is 11.4 Å². The molecule has 20 heavy (non-hydrogen) atoms. The van der Waals surface area contributed by atoms with Crippen molar-refractivity contribution < 1.29 is 14.7 Å². The minimum atomic E-state index is -0.775. The molecule has 2 fully saturated rings. The molecule has 0 bridgehead atoms. The van der Waals surface area contributed by atoms with Crippen molar-refractivity contribution in [2.24, 2.45) is 17.3 Å². The number of urea groups is 1. The maximum absolute atomic E-state index is 12.4. The maximum Gasteiger partial charge on any atom is 0.319 e. The SMILES string of the molecule is CN(CC1CC1)C(=O)N1CCCC(C(C)(C)C(=O)O)C1. The van der Waals surface area contributed by atoms with E-state index in [4.69, 9.17) is 0 Å². The van der Waals surface area contributed by atoms with E-state index in [0.717, 1.165) is 25.9 Å². The van der Waals surface area contributed by atoms with Gasteiger partial charge in [-0.25, -0.2) is 4.79 Å². The molecule has 2 aliphatic rings.